The first-order valence-electron chi connectivity index (χ1n) is 10.2. The Morgan fingerprint density at radius 2 is 1.91 bits per heavy atom. The Hall–Kier alpha value is -2.76. The summed E-state index contributed by atoms with van der Waals surface area (Å²) in [4.78, 5) is 22.9. The molecular weight excluding hydrogens is 456 g/mol. The predicted molar refractivity (Wildman–Crippen MR) is 118 cm³/mol. The number of benzene rings is 1. The standard InChI is InChI=1S/C20H23ClN6O4S/c1-3-31-18(28)12-15-14(2)24-20-22-13-23-27(20)19(15)25-8-10-26(11-9-25)32(29,30)17-7-5-4-6-16(17)21/h4-7,13H,3,8-12H2,1-2H3. The number of anilines is 1. The van der Waals surface area contributed by atoms with E-state index in [-0.39, 0.29) is 42.0 Å². The van der Waals surface area contributed by atoms with E-state index in [9.17, 15) is 13.2 Å². The van der Waals surface area contributed by atoms with Gasteiger partial charge in [-0.15, -0.1) is 0 Å². The number of aromatic nitrogens is 4. The molecule has 0 atom stereocenters. The third-order valence-corrected chi connectivity index (χ3v) is 7.72. The van der Waals surface area contributed by atoms with Gasteiger partial charge in [0.2, 0.25) is 10.0 Å². The van der Waals surface area contributed by atoms with Crippen molar-refractivity contribution >= 4 is 39.2 Å². The van der Waals surface area contributed by atoms with Crippen molar-refractivity contribution < 1.29 is 17.9 Å². The Morgan fingerprint density at radius 1 is 1.19 bits per heavy atom. The number of rotatable bonds is 6. The van der Waals surface area contributed by atoms with Crippen LogP contribution in [0.25, 0.3) is 5.78 Å². The third kappa shape index (κ3) is 4.15. The first-order valence-corrected chi connectivity index (χ1v) is 12.0. The normalized spacial score (nSPS) is 15.3. The fourth-order valence-electron chi connectivity index (χ4n) is 3.79. The first-order chi connectivity index (χ1) is 15.3. The molecule has 3 heterocycles. The number of esters is 1. The van der Waals surface area contributed by atoms with E-state index >= 15 is 0 Å². The van der Waals surface area contributed by atoms with Gasteiger partial charge in [-0.1, -0.05) is 23.7 Å². The van der Waals surface area contributed by atoms with E-state index in [1.165, 1.54) is 16.7 Å². The van der Waals surface area contributed by atoms with Crippen LogP contribution >= 0.6 is 11.6 Å². The summed E-state index contributed by atoms with van der Waals surface area (Å²) in [5.74, 6) is 0.724. The molecule has 1 saturated heterocycles. The molecule has 2 aromatic heterocycles. The largest absolute Gasteiger partial charge is 0.466 e. The monoisotopic (exact) mass is 478 g/mol. The van der Waals surface area contributed by atoms with Gasteiger partial charge in [-0.3, -0.25) is 4.79 Å². The number of piperazine rings is 1. The summed E-state index contributed by atoms with van der Waals surface area (Å²) in [6.45, 7) is 5.16. The minimum atomic E-state index is -3.72. The van der Waals surface area contributed by atoms with Gasteiger partial charge in [-0.25, -0.2) is 13.4 Å². The number of fused-ring (bicyclic) bond motifs is 1. The van der Waals surface area contributed by atoms with Gasteiger partial charge in [0.15, 0.2) is 0 Å². The molecule has 0 spiro atoms. The zero-order chi connectivity index (χ0) is 22.9. The Kier molecular flexibility index (Phi) is 6.31. The first kappa shape index (κ1) is 22.4. The van der Waals surface area contributed by atoms with Crippen LogP contribution in [0.4, 0.5) is 5.82 Å². The zero-order valence-electron chi connectivity index (χ0n) is 17.7. The Labute approximate surface area is 190 Å². The molecule has 10 nitrogen and oxygen atoms in total. The van der Waals surface area contributed by atoms with Crippen LogP contribution in [-0.2, 0) is 26.0 Å². The van der Waals surface area contributed by atoms with Crippen LogP contribution in [0, 0.1) is 6.92 Å². The van der Waals surface area contributed by atoms with Crippen molar-refractivity contribution in [3.05, 3.63) is 46.9 Å². The Morgan fingerprint density at radius 3 is 2.59 bits per heavy atom. The number of nitrogens with zero attached hydrogens (tertiary/aromatic N) is 6. The third-order valence-electron chi connectivity index (χ3n) is 5.32. The molecule has 1 aliphatic heterocycles. The summed E-state index contributed by atoms with van der Waals surface area (Å²) in [6.07, 6.45) is 1.44. The number of aryl methyl sites for hydroxylation is 1. The molecule has 0 bridgehead atoms. The summed E-state index contributed by atoms with van der Waals surface area (Å²) < 4.78 is 34.3. The summed E-state index contributed by atoms with van der Waals surface area (Å²) in [5, 5.41) is 4.47. The number of hydrogen-bond acceptors (Lipinski definition) is 8. The summed E-state index contributed by atoms with van der Waals surface area (Å²) in [6, 6.07) is 6.41. The Bertz CT molecular complexity index is 1250. The van der Waals surface area contributed by atoms with E-state index in [4.69, 9.17) is 16.3 Å². The van der Waals surface area contributed by atoms with E-state index in [1.54, 1.807) is 29.6 Å². The number of carbonyl (C=O) groups is 1. The van der Waals surface area contributed by atoms with Crippen LogP contribution in [0.3, 0.4) is 0 Å². The SMILES string of the molecule is CCOC(=O)Cc1c(C)nc2ncnn2c1N1CCN(S(=O)(=O)c2ccccc2Cl)CC1. The minimum Gasteiger partial charge on any atom is -0.466 e. The van der Waals surface area contributed by atoms with Crippen molar-refractivity contribution in [2.45, 2.75) is 25.2 Å². The fourth-order valence-corrected chi connectivity index (χ4v) is 5.71. The van der Waals surface area contributed by atoms with Crippen molar-refractivity contribution in [3.63, 3.8) is 0 Å². The predicted octanol–water partition coefficient (Wildman–Crippen LogP) is 1.70. The lowest BCUT2D eigenvalue weighted by molar-refractivity contribution is -0.142. The van der Waals surface area contributed by atoms with Gasteiger partial charge in [0.25, 0.3) is 5.78 Å². The maximum Gasteiger partial charge on any atom is 0.310 e. The number of hydrogen-bond donors (Lipinski definition) is 0. The van der Waals surface area contributed by atoms with Crippen LogP contribution in [0.2, 0.25) is 5.02 Å². The van der Waals surface area contributed by atoms with Crippen LogP contribution in [0.1, 0.15) is 18.2 Å². The Balaban J connectivity index is 1.63. The van der Waals surface area contributed by atoms with Crippen molar-refractivity contribution in [1.82, 2.24) is 23.9 Å². The van der Waals surface area contributed by atoms with E-state index < -0.39 is 10.0 Å². The molecule has 0 amide bonds. The van der Waals surface area contributed by atoms with Gasteiger partial charge in [-0.2, -0.15) is 18.9 Å². The van der Waals surface area contributed by atoms with Gasteiger partial charge >= 0.3 is 5.97 Å². The maximum atomic E-state index is 13.1. The van der Waals surface area contributed by atoms with Crippen molar-refractivity contribution in [2.75, 3.05) is 37.7 Å². The molecular formula is C20H23ClN6O4S. The number of carbonyl (C=O) groups excluding carboxylic acids is 1. The highest BCUT2D eigenvalue weighted by molar-refractivity contribution is 7.89. The lowest BCUT2D eigenvalue weighted by atomic mass is 10.1. The van der Waals surface area contributed by atoms with Crippen LogP contribution in [0.5, 0.6) is 0 Å². The molecule has 1 aromatic carbocycles. The van der Waals surface area contributed by atoms with E-state index in [0.717, 1.165) is 0 Å². The lowest BCUT2D eigenvalue weighted by Gasteiger charge is -2.36. The average Bonchev–Trinajstić information content (AvgIpc) is 3.22. The molecule has 4 rings (SSSR count). The molecule has 3 aromatic rings. The van der Waals surface area contributed by atoms with E-state index in [0.29, 0.717) is 35.9 Å². The van der Waals surface area contributed by atoms with Gasteiger partial charge < -0.3 is 9.64 Å². The van der Waals surface area contributed by atoms with Gasteiger partial charge in [-0.05, 0) is 26.0 Å². The minimum absolute atomic E-state index is 0.0376. The maximum absolute atomic E-state index is 13.1. The highest BCUT2D eigenvalue weighted by Crippen LogP contribution is 2.28. The highest BCUT2D eigenvalue weighted by atomic mass is 35.5. The van der Waals surface area contributed by atoms with Crippen LogP contribution in [0.15, 0.2) is 35.5 Å². The average molecular weight is 479 g/mol. The van der Waals surface area contributed by atoms with Crippen LogP contribution < -0.4 is 4.90 Å². The van der Waals surface area contributed by atoms with Gasteiger partial charge in [0.1, 0.15) is 17.0 Å². The molecule has 0 radical (unpaired) electrons. The quantitative estimate of drug-likeness (QED) is 0.492. The fraction of sp³-hybridized carbons (Fsp3) is 0.400. The second kappa shape index (κ2) is 9.00. The van der Waals surface area contributed by atoms with E-state index in [2.05, 4.69) is 15.1 Å². The number of ether oxygens (including phenoxy) is 1. The van der Waals surface area contributed by atoms with E-state index in [1.807, 2.05) is 11.8 Å². The molecule has 0 aliphatic carbocycles. The summed E-state index contributed by atoms with van der Waals surface area (Å²) in [7, 11) is -3.72. The smallest absolute Gasteiger partial charge is 0.310 e. The lowest BCUT2D eigenvalue weighted by Crippen LogP contribution is -2.49. The second-order valence-corrected chi connectivity index (χ2v) is 9.59. The van der Waals surface area contributed by atoms with Crippen molar-refractivity contribution in [3.8, 4) is 0 Å². The molecule has 0 unspecified atom stereocenters. The molecule has 0 N–H and O–H groups in total. The molecule has 1 fully saturated rings. The van der Waals surface area contributed by atoms with Crippen molar-refractivity contribution in [1.29, 1.82) is 0 Å². The highest BCUT2D eigenvalue weighted by Gasteiger charge is 2.32. The summed E-state index contributed by atoms with van der Waals surface area (Å²) >= 11 is 6.13. The molecule has 0 saturated carbocycles. The molecule has 12 heteroatoms. The van der Waals surface area contributed by atoms with Crippen molar-refractivity contribution in [2.24, 2.45) is 0 Å². The molecule has 32 heavy (non-hydrogen) atoms. The van der Waals surface area contributed by atoms with Gasteiger partial charge in [0.05, 0.1) is 18.1 Å². The number of sulfonamides is 1. The summed E-state index contributed by atoms with van der Waals surface area (Å²) in [5.41, 5.74) is 1.34. The number of halogens is 1. The van der Waals surface area contributed by atoms with Gasteiger partial charge in [0, 0.05) is 37.4 Å². The molecule has 1 aliphatic rings. The molecule has 170 valence electrons. The zero-order valence-corrected chi connectivity index (χ0v) is 19.3. The second-order valence-electron chi connectivity index (χ2n) is 7.27. The van der Waals surface area contributed by atoms with Crippen LogP contribution in [-0.4, -0.2) is 71.1 Å². The topological polar surface area (TPSA) is 110 Å².